The molecule has 2 fully saturated rings. The van der Waals surface area contributed by atoms with Crippen molar-refractivity contribution in [2.45, 2.75) is 38.5 Å². The van der Waals surface area contributed by atoms with Crippen molar-refractivity contribution in [1.29, 1.82) is 0 Å². The SMILES string of the molecule is NC(=NO)C1(C(=O)N2CCCCCC2)CC1. The first-order chi connectivity index (χ1) is 7.70. The minimum Gasteiger partial charge on any atom is -0.409 e. The molecule has 0 aromatic heterocycles. The third-order valence-corrected chi connectivity index (χ3v) is 3.65. The molecular formula is C11H19N3O2. The van der Waals surface area contributed by atoms with Crippen LogP contribution in [0.5, 0.6) is 0 Å². The van der Waals surface area contributed by atoms with Crippen LogP contribution in [0.15, 0.2) is 5.16 Å². The summed E-state index contributed by atoms with van der Waals surface area (Å²) in [5, 5.41) is 11.7. The molecule has 0 radical (unpaired) electrons. The summed E-state index contributed by atoms with van der Waals surface area (Å²) in [5.74, 6) is 0.145. The van der Waals surface area contributed by atoms with E-state index in [2.05, 4.69) is 5.16 Å². The van der Waals surface area contributed by atoms with E-state index in [0.717, 1.165) is 38.8 Å². The number of nitrogens with two attached hydrogens (primary N) is 1. The molecule has 1 heterocycles. The number of rotatable bonds is 2. The van der Waals surface area contributed by atoms with Gasteiger partial charge in [0.05, 0.1) is 0 Å². The van der Waals surface area contributed by atoms with Crippen molar-refractivity contribution in [3.8, 4) is 0 Å². The Labute approximate surface area is 95.3 Å². The number of carbonyl (C=O) groups excluding carboxylic acids is 1. The second kappa shape index (κ2) is 4.31. The Morgan fingerprint density at radius 3 is 2.19 bits per heavy atom. The van der Waals surface area contributed by atoms with E-state index in [-0.39, 0.29) is 11.7 Å². The van der Waals surface area contributed by atoms with Crippen LogP contribution in [0.1, 0.15) is 38.5 Å². The molecule has 1 saturated carbocycles. The smallest absolute Gasteiger partial charge is 0.236 e. The van der Waals surface area contributed by atoms with Gasteiger partial charge in [-0.05, 0) is 25.7 Å². The molecule has 1 aliphatic carbocycles. The van der Waals surface area contributed by atoms with Crippen LogP contribution < -0.4 is 5.73 Å². The second-order valence-electron chi connectivity index (χ2n) is 4.77. The quantitative estimate of drug-likeness (QED) is 0.317. The molecule has 3 N–H and O–H groups in total. The number of amides is 1. The van der Waals surface area contributed by atoms with Gasteiger partial charge in [0.25, 0.3) is 0 Å². The largest absolute Gasteiger partial charge is 0.409 e. The fourth-order valence-corrected chi connectivity index (χ4v) is 2.38. The standard InChI is InChI=1S/C11H19N3O2/c12-9(13-16)11(5-6-11)10(15)14-7-3-1-2-4-8-14/h16H,1-8H2,(H2,12,13). The highest BCUT2D eigenvalue weighted by Gasteiger charge is 2.55. The average Bonchev–Trinajstić information content (AvgIpc) is 3.11. The predicted octanol–water partition coefficient (Wildman–Crippen LogP) is 0.916. The Morgan fingerprint density at radius 2 is 1.75 bits per heavy atom. The molecule has 0 bridgehead atoms. The Morgan fingerprint density at radius 1 is 1.19 bits per heavy atom. The summed E-state index contributed by atoms with van der Waals surface area (Å²) in [6.07, 6.45) is 5.97. The van der Waals surface area contributed by atoms with Crippen LogP contribution >= 0.6 is 0 Å². The first kappa shape index (κ1) is 11.2. The Bertz CT molecular complexity index is 302. The van der Waals surface area contributed by atoms with E-state index in [0.29, 0.717) is 0 Å². The lowest BCUT2D eigenvalue weighted by Crippen LogP contribution is -2.44. The molecule has 0 unspecified atom stereocenters. The third kappa shape index (κ3) is 1.86. The zero-order chi connectivity index (χ0) is 11.6. The number of hydrogen-bond donors (Lipinski definition) is 2. The minimum absolute atomic E-state index is 0.0599. The number of nitrogens with zero attached hydrogens (tertiary/aromatic N) is 2. The van der Waals surface area contributed by atoms with Crippen LogP contribution in [0.3, 0.4) is 0 Å². The molecule has 1 saturated heterocycles. The topological polar surface area (TPSA) is 78.9 Å². The second-order valence-corrected chi connectivity index (χ2v) is 4.77. The Hall–Kier alpha value is -1.26. The Balaban J connectivity index is 2.06. The van der Waals surface area contributed by atoms with E-state index in [1.165, 1.54) is 12.8 Å². The molecule has 90 valence electrons. The van der Waals surface area contributed by atoms with E-state index >= 15 is 0 Å². The lowest BCUT2D eigenvalue weighted by Gasteiger charge is -2.25. The summed E-state index contributed by atoms with van der Waals surface area (Å²) in [6.45, 7) is 1.64. The summed E-state index contributed by atoms with van der Waals surface area (Å²) in [7, 11) is 0. The lowest BCUT2D eigenvalue weighted by atomic mass is 10.0. The van der Waals surface area contributed by atoms with Crippen LogP contribution in [0.4, 0.5) is 0 Å². The van der Waals surface area contributed by atoms with Crippen molar-refractivity contribution in [2.75, 3.05) is 13.1 Å². The highest BCUT2D eigenvalue weighted by atomic mass is 16.4. The minimum atomic E-state index is -0.668. The number of amidine groups is 1. The van der Waals surface area contributed by atoms with Crippen molar-refractivity contribution in [1.82, 2.24) is 4.90 Å². The highest BCUT2D eigenvalue weighted by Crippen LogP contribution is 2.47. The molecule has 1 amide bonds. The van der Waals surface area contributed by atoms with Crippen LogP contribution in [0.25, 0.3) is 0 Å². The van der Waals surface area contributed by atoms with Gasteiger partial charge >= 0.3 is 0 Å². The Kier molecular flexibility index (Phi) is 3.03. The maximum atomic E-state index is 12.3. The van der Waals surface area contributed by atoms with Crippen LogP contribution in [0, 0.1) is 5.41 Å². The molecule has 1 aliphatic heterocycles. The third-order valence-electron chi connectivity index (χ3n) is 3.65. The zero-order valence-corrected chi connectivity index (χ0v) is 9.48. The van der Waals surface area contributed by atoms with Gasteiger partial charge in [0, 0.05) is 13.1 Å². The van der Waals surface area contributed by atoms with Crippen LogP contribution in [0.2, 0.25) is 0 Å². The van der Waals surface area contributed by atoms with Gasteiger partial charge < -0.3 is 15.8 Å². The lowest BCUT2D eigenvalue weighted by molar-refractivity contribution is -0.134. The summed E-state index contributed by atoms with van der Waals surface area (Å²) in [4.78, 5) is 14.2. The molecule has 0 aromatic carbocycles. The van der Waals surface area contributed by atoms with Gasteiger partial charge in [-0.15, -0.1) is 0 Å². The summed E-state index contributed by atoms with van der Waals surface area (Å²) >= 11 is 0. The van der Waals surface area contributed by atoms with Crippen LogP contribution in [-0.2, 0) is 4.79 Å². The van der Waals surface area contributed by atoms with Crippen molar-refractivity contribution >= 4 is 11.7 Å². The van der Waals surface area contributed by atoms with Gasteiger partial charge in [-0.3, -0.25) is 4.79 Å². The summed E-state index contributed by atoms with van der Waals surface area (Å²) in [6, 6.07) is 0. The van der Waals surface area contributed by atoms with E-state index in [1.807, 2.05) is 4.90 Å². The van der Waals surface area contributed by atoms with E-state index in [4.69, 9.17) is 10.9 Å². The van der Waals surface area contributed by atoms with Crippen molar-refractivity contribution in [2.24, 2.45) is 16.3 Å². The maximum Gasteiger partial charge on any atom is 0.236 e. The molecule has 0 atom stereocenters. The number of oxime groups is 1. The van der Waals surface area contributed by atoms with Crippen molar-refractivity contribution in [3.63, 3.8) is 0 Å². The summed E-state index contributed by atoms with van der Waals surface area (Å²) in [5.41, 5.74) is 4.94. The predicted molar refractivity (Wildman–Crippen MR) is 60.1 cm³/mol. The van der Waals surface area contributed by atoms with Gasteiger partial charge in [0.2, 0.25) is 5.91 Å². The molecule has 5 nitrogen and oxygen atoms in total. The first-order valence-electron chi connectivity index (χ1n) is 5.98. The van der Waals surface area contributed by atoms with E-state index in [1.54, 1.807) is 0 Å². The van der Waals surface area contributed by atoms with Gasteiger partial charge in [0.1, 0.15) is 5.41 Å². The molecular weight excluding hydrogens is 206 g/mol. The molecule has 0 spiro atoms. The zero-order valence-electron chi connectivity index (χ0n) is 9.48. The van der Waals surface area contributed by atoms with E-state index < -0.39 is 5.41 Å². The fraction of sp³-hybridized carbons (Fsp3) is 0.818. The van der Waals surface area contributed by atoms with Gasteiger partial charge in [-0.25, -0.2) is 0 Å². The van der Waals surface area contributed by atoms with Crippen molar-refractivity contribution < 1.29 is 10.0 Å². The first-order valence-corrected chi connectivity index (χ1v) is 5.98. The molecule has 2 aliphatic rings. The van der Waals surface area contributed by atoms with Crippen molar-refractivity contribution in [3.05, 3.63) is 0 Å². The van der Waals surface area contributed by atoms with Crippen LogP contribution in [-0.4, -0.2) is 34.9 Å². The number of carbonyl (C=O) groups is 1. The molecule has 0 aromatic rings. The highest BCUT2D eigenvalue weighted by molar-refractivity contribution is 6.09. The van der Waals surface area contributed by atoms with Gasteiger partial charge in [-0.2, -0.15) is 0 Å². The number of hydrogen-bond acceptors (Lipinski definition) is 3. The van der Waals surface area contributed by atoms with E-state index in [9.17, 15) is 4.79 Å². The normalized spacial score (nSPS) is 25.0. The number of likely N-dealkylation sites (tertiary alicyclic amines) is 1. The monoisotopic (exact) mass is 225 g/mol. The fourth-order valence-electron chi connectivity index (χ4n) is 2.38. The maximum absolute atomic E-state index is 12.3. The molecule has 5 heteroatoms. The molecule has 16 heavy (non-hydrogen) atoms. The van der Waals surface area contributed by atoms with Gasteiger partial charge in [0.15, 0.2) is 5.84 Å². The average molecular weight is 225 g/mol. The molecule has 2 rings (SSSR count). The van der Waals surface area contributed by atoms with Gasteiger partial charge in [-0.1, -0.05) is 18.0 Å². The summed E-state index contributed by atoms with van der Waals surface area (Å²) < 4.78 is 0.